The molecule has 0 fully saturated rings. The Hall–Kier alpha value is -1.03. The first-order valence-electron chi connectivity index (χ1n) is 5.95. The fourth-order valence-corrected chi connectivity index (χ4v) is 2.05. The number of hydrogen-bond donors (Lipinski definition) is 2. The molecule has 1 unspecified atom stereocenters. The second-order valence-corrected chi connectivity index (χ2v) is 4.93. The minimum atomic E-state index is -0.295. The third-order valence-corrected chi connectivity index (χ3v) is 3.33. The Kier molecular flexibility index (Phi) is 6.05. The highest BCUT2D eigenvalue weighted by molar-refractivity contribution is 9.10. The van der Waals surface area contributed by atoms with Crippen molar-refractivity contribution in [3.8, 4) is 0 Å². The molecule has 0 saturated heterocycles. The minimum absolute atomic E-state index is 0.291. The number of para-hydroxylation sites is 1. The SMILES string of the molecule is CCCCCC(Nc1ccccc1Br)C(N)=O. The number of carbonyl (C=O) groups is 1. The van der Waals surface area contributed by atoms with E-state index in [-0.39, 0.29) is 11.9 Å². The van der Waals surface area contributed by atoms with E-state index in [1.165, 1.54) is 0 Å². The third-order valence-electron chi connectivity index (χ3n) is 2.64. The van der Waals surface area contributed by atoms with Crippen molar-refractivity contribution >= 4 is 27.5 Å². The predicted octanol–water partition coefficient (Wildman–Crippen LogP) is 3.30. The molecule has 3 nitrogen and oxygen atoms in total. The number of anilines is 1. The molecule has 0 aliphatic rings. The molecule has 1 amide bonds. The van der Waals surface area contributed by atoms with Crippen molar-refractivity contribution in [3.63, 3.8) is 0 Å². The number of primary amides is 1. The van der Waals surface area contributed by atoms with E-state index in [1.807, 2.05) is 24.3 Å². The Labute approximate surface area is 111 Å². The lowest BCUT2D eigenvalue weighted by Crippen LogP contribution is -2.35. The molecule has 1 rings (SSSR count). The standard InChI is InChI=1S/C13H19BrN2O/c1-2-3-4-9-12(13(15)17)16-11-8-6-5-7-10(11)14/h5-8,12,16H,2-4,9H2,1H3,(H2,15,17). The first-order chi connectivity index (χ1) is 8.15. The summed E-state index contributed by atoms with van der Waals surface area (Å²) in [5, 5.41) is 3.18. The second-order valence-electron chi connectivity index (χ2n) is 4.07. The molecule has 0 aliphatic heterocycles. The zero-order chi connectivity index (χ0) is 12.7. The molecular weight excluding hydrogens is 280 g/mol. The molecule has 0 radical (unpaired) electrons. The second kappa shape index (κ2) is 7.33. The lowest BCUT2D eigenvalue weighted by Gasteiger charge is -2.17. The monoisotopic (exact) mass is 298 g/mol. The quantitative estimate of drug-likeness (QED) is 0.759. The number of hydrogen-bond acceptors (Lipinski definition) is 2. The molecule has 3 N–H and O–H groups in total. The summed E-state index contributed by atoms with van der Waals surface area (Å²) in [6.07, 6.45) is 4.06. The highest BCUT2D eigenvalue weighted by atomic mass is 79.9. The van der Waals surface area contributed by atoms with Crippen LogP contribution in [0.15, 0.2) is 28.7 Å². The smallest absolute Gasteiger partial charge is 0.239 e. The van der Waals surface area contributed by atoms with Gasteiger partial charge >= 0.3 is 0 Å². The van der Waals surface area contributed by atoms with Crippen molar-refractivity contribution in [2.75, 3.05) is 5.32 Å². The van der Waals surface area contributed by atoms with Gasteiger partial charge in [-0.3, -0.25) is 4.79 Å². The van der Waals surface area contributed by atoms with Crippen molar-refractivity contribution in [3.05, 3.63) is 28.7 Å². The molecule has 1 aromatic rings. The lowest BCUT2D eigenvalue weighted by molar-refractivity contribution is -0.118. The highest BCUT2D eigenvalue weighted by Crippen LogP contribution is 2.22. The summed E-state index contributed by atoms with van der Waals surface area (Å²) in [6.45, 7) is 2.14. The molecule has 94 valence electrons. The average molecular weight is 299 g/mol. The Balaban J connectivity index is 2.61. The number of unbranched alkanes of at least 4 members (excludes halogenated alkanes) is 2. The maximum atomic E-state index is 11.4. The van der Waals surface area contributed by atoms with Gasteiger partial charge in [-0.2, -0.15) is 0 Å². The zero-order valence-corrected chi connectivity index (χ0v) is 11.7. The summed E-state index contributed by atoms with van der Waals surface area (Å²) >= 11 is 3.44. The Morgan fingerprint density at radius 2 is 2.12 bits per heavy atom. The van der Waals surface area contributed by atoms with Gasteiger partial charge < -0.3 is 11.1 Å². The molecule has 0 spiro atoms. The van der Waals surface area contributed by atoms with Crippen LogP contribution in [0.2, 0.25) is 0 Å². The molecule has 0 aliphatic carbocycles. The van der Waals surface area contributed by atoms with Crippen LogP contribution in [0.5, 0.6) is 0 Å². The van der Waals surface area contributed by atoms with Crippen molar-refractivity contribution in [2.24, 2.45) is 5.73 Å². The summed E-state index contributed by atoms with van der Waals surface area (Å²) < 4.78 is 0.946. The molecular formula is C13H19BrN2O. The first-order valence-corrected chi connectivity index (χ1v) is 6.74. The van der Waals surface area contributed by atoms with Crippen molar-refractivity contribution in [2.45, 2.75) is 38.6 Å². The number of halogens is 1. The van der Waals surface area contributed by atoms with Crippen LogP contribution < -0.4 is 11.1 Å². The van der Waals surface area contributed by atoms with Crippen molar-refractivity contribution < 1.29 is 4.79 Å². The van der Waals surface area contributed by atoms with Crippen LogP contribution in [0, 0.1) is 0 Å². The molecule has 1 atom stereocenters. The molecule has 0 aromatic heterocycles. The van der Waals surface area contributed by atoms with Crippen LogP contribution in [0.4, 0.5) is 5.69 Å². The summed E-state index contributed by atoms with van der Waals surface area (Å²) in [5.74, 6) is -0.295. The van der Waals surface area contributed by atoms with Crippen LogP contribution in [0.1, 0.15) is 32.6 Å². The third kappa shape index (κ3) is 4.77. The molecule has 0 bridgehead atoms. The van der Waals surface area contributed by atoms with Gasteiger partial charge in [-0.05, 0) is 34.5 Å². The molecule has 0 saturated carbocycles. The fraction of sp³-hybridized carbons (Fsp3) is 0.462. The van der Waals surface area contributed by atoms with Crippen LogP contribution in [-0.4, -0.2) is 11.9 Å². The number of amides is 1. The van der Waals surface area contributed by atoms with E-state index in [0.717, 1.165) is 35.8 Å². The van der Waals surface area contributed by atoms with Crippen LogP contribution in [0.3, 0.4) is 0 Å². The minimum Gasteiger partial charge on any atom is -0.373 e. The molecule has 17 heavy (non-hydrogen) atoms. The first kappa shape index (κ1) is 14.0. The van der Waals surface area contributed by atoms with E-state index >= 15 is 0 Å². The Bertz CT molecular complexity index is 368. The van der Waals surface area contributed by atoms with Gasteiger partial charge in [-0.1, -0.05) is 38.3 Å². The van der Waals surface area contributed by atoms with Gasteiger partial charge in [0.05, 0.1) is 0 Å². The zero-order valence-electron chi connectivity index (χ0n) is 10.1. The average Bonchev–Trinajstić information content (AvgIpc) is 2.30. The molecule has 0 heterocycles. The van der Waals surface area contributed by atoms with E-state index in [9.17, 15) is 4.79 Å². The van der Waals surface area contributed by atoms with Crippen molar-refractivity contribution in [1.82, 2.24) is 0 Å². The maximum Gasteiger partial charge on any atom is 0.239 e. The largest absolute Gasteiger partial charge is 0.373 e. The van der Waals surface area contributed by atoms with E-state index in [4.69, 9.17) is 5.73 Å². The lowest BCUT2D eigenvalue weighted by atomic mass is 10.1. The fourth-order valence-electron chi connectivity index (χ4n) is 1.65. The summed E-state index contributed by atoms with van der Waals surface area (Å²) in [4.78, 5) is 11.4. The van der Waals surface area contributed by atoms with Crippen LogP contribution in [-0.2, 0) is 4.79 Å². The van der Waals surface area contributed by atoms with Gasteiger partial charge in [0.2, 0.25) is 5.91 Å². The number of nitrogens with one attached hydrogen (secondary N) is 1. The van der Waals surface area contributed by atoms with E-state index in [1.54, 1.807) is 0 Å². The number of carbonyl (C=O) groups excluding carboxylic acids is 1. The van der Waals surface area contributed by atoms with E-state index in [0.29, 0.717) is 0 Å². The van der Waals surface area contributed by atoms with E-state index in [2.05, 4.69) is 28.2 Å². The van der Waals surface area contributed by atoms with Gasteiger partial charge in [0.25, 0.3) is 0 Å². The molecule has 4 heteroatoms. The number of nitrogens with two attached hydrogens (primary N) is 1. The van der Waals surface area contributed by atoms with Gasteiger partial charge in [0.15, 0.2) is 0 Å². The normalized spacial score (nSPS) is 12.1. The summed E-state index contributed by atoms with van der Waals surface area (Å²) in [5.41, 5.74) is 6.31. The molecule has 1 aromatic carbocycles. The predicted molar refractivity (Wildman–Crippen MR) is 74.9 cm³/mol. The van der Waals surface area contributed by atoms with Crippen molar-refractivity contribution in [1.29, 1.82) is 0 Å². The highest BCUT2D eigenvalue weighted by Gasteiger charge is 2.15. The Morgan fingerprint density at radius 1 is 1.41 bits per heavy atom. The number of rotatable bonds is 7. The van der Waals surface area contributed by atoms with Crippen LogP contribution >= 0.6 is 15.9 Å². The maximum absolute atomic E-state index is 11.4. The van der Waals surface area contributed by atoms with Gasteiger partial charge in [0.1, 0.15) is 6.04 Å². The topological polar surface area (TPSA) is 55.1 Å². The van der Waals surface area contributed by atoms with Gasteiger partial charge in [-0.25, -0.2) is 0 Å². The van der Waals surface area contributed by atoms with E-state index < -0.39 is 0 Å². The van der Waals surface area contributed by atoms with Gasteiger partial charge in [0, 0.05) is 10.2 Å². The summed E-state index contributed by atoms with van der Waals surface area (Å²) in [6, 6.07) is 7.44. The Morgan fingerprint density at radius 3 is 2.71 bits per heavy atom. The summed E-state index contributed by atoms with van der Waals surface area (Å²) in [7, 11) is 0. The van der Waals surface area contributed by atoms with Crippen LogP contribution in [0.25, 0.3) is 0 Å². The van der Waals surface area contributed by atoms with Gasteiger partial charge in [-0.15, -0.1) is 0 Å². The number of benzene rings is 1.